The molecule has 1 saturated carbocycles. The van der Waals surface area contributed by atoms with Crippen LogP contribution in [0.5, 0.6) is 0 Å². The van der Waals surface area contributed by atoms with Crippen LogP contribution in [0.2, 0.25) is 0 Å². The molecule has 1 heterocycles. The Morgan fingerprint density at radius 2 is 1.88 bits per heavy atom. The summed E-state index contributed by atoms with van der Waals surface area (Å²) in [6, 6.07) is 13.5. The third-order valence-corrected chi connectivity index (χ3v) is 6.31. The Morgan fingerprint density at radius 1 is 1.12 bits per heavy atom. The highest BCUT2D eigenvalue weighted by Gasteiger charge is 2.44. The summed E-state index contributed by atoms with van der Waals surface area (Å²) in [5.41, 5.74) is 3.55. The van der Waals surface area contributed by atoms with E-state index in [-0.39, 0.29) is 10.3 Å². The fourth-order valence-electron chi connectivity index (χ4n) is 3.52. The second-order valence-corrected chi connectivity index (χ2v) is 9.14. The molecule has 0 radical (unpaired) electrons. The van der Waals surface area contributed by atoms with E-state index in [4.69, 9.17) is 0 Å². The van der Waals surface area contributed by atoms with Crippen LogP contribution in [-0.2, 0) is 15.3 Å². The van der Waals surface area contributed by atoms with E-state index in [1.165, 1.54) is 23.7 Å². The van der Waals surface area contributed by atoms with Gasteiger partial charge in [-0.3, -0.25) is 0 Å². The maximum Gasteiger partial charge on any atom is 0.175 e. The Labute approximate surface area is 153 Å². The van der Waals surface area contributed by atoms with Gasteiger partial charge in [0, 0.05) is 23.6 Å². The number of hydrogen-bond donors (Lipinski definition) is 1. The van der Waals surface area contributed by atoms with Crippen molar-refractivity contribution in [2.75, 3.05) is 18.1 Å². The highest BCUT2D eigenvalue weighted by Crippen LogP contribution is 2.49. The van der Waals surface area contributed by atoms with Crippen LogP contribution in [0.4, 0.5) is 5.82 Å². The molecule has 0 amide bonds. The number of anilines is 1. The summed E-state index contributed by atoms with van der Waals surface area (Å²) >= 11 is 0. The van der Waals surface area contributed by atoms with E-state index in [2.05, 4.69) is 46.5 Å². The first-order valence-corrected chi connectivity index (χ1v) is 10.5. The number of fused-ring (bicyclic) bond motifs is 1. The maximum absolute atomic E-state index is 11.9. The Balaban J connectivity index is 1.67. The molecule has 0 spiro atoms. The Hall–Kier alpha value is -2.47. The lowest BCUT2D eigenvalue weighted by Gasteiger charge is -2.19. The third-order valence-electron chi connectivity index (χ3n) is 5.20. The van der Waals surface area contributed by atoms with Gasteiger partial charge >= 0.3 is 0 Å². The predicted octanol–water partition coefficient (Wildman–Crippen LogP) is 3.49. The molecule has 1 aliphatic rings. The van der Waals surface area contributed by atoms with Crippen molar-refractivity contribution in [3.8, 4) is 0 Å². The molecule has 1 aromatic heterocycles. The van der Waals surface area contributed by atoms with E-state index in [0.717, 1.165) is 30.3 Å². The van der Waals surface area contributed by atoms with Gasteiger partial charge in [-0.1, -0.05) is 24.3 Å². The van der Waals surface area contributed by atoms with Crippen molar-refractivity contribution in [2.45, 2.75) is 30.1 Å². The molecule has 2 aromatic carbocycles. The number of hydrogen-bond acceptors (Lipinski definition) is 5. The van der Waals surface area contributed by atoms with Crippen molar-refractivity contribution in [3.05, 3.63) is 59.9 Å². The molecule has 26 heavy (non-hydrogen) atoms. The van der Waals surface area contributed by atoms with Gasteiger partial charge in [-0.2, -0.15) is 0 Å². The van der Waals surface area contributed by atoms with Gasteiger partial charge in [0.15, 0.2) is 9.84 Å². The molecule has 0 bridgehead atoms. The smallest absolute Gasteiger partial charge is 0.175 e. The average molecular weight is 367 g/mol. The molecular formula is C20H21N3O2S. The molecule has 0 saturated heterocycles. The number of rotatable bonds is 5. The molecule has 3 aromatic rings. The van der Waals surface area contributed by atoms with Crippen molar-refractivity contribution in [3.63, 3.8) is 0 Å². The van der Waals surface area contributed by atoms with Crippen molar-refractivity contribution in [1.82, 2.24) is 9.97 Å². The predicted molar refractivity (Wildman–Crippen MR) is 103 cm³/mol. The van der Waals surface area contributed by atoms with E-state index in [9.17, 15) is 8.42 Å². The summed E-state index contributed by atoms with van der Waals surface area (Å²) in [4.78, 5) is 8.89. The topological polar surface area (TPSA) is 72.0 Å². The molecule has 1 aliphatic carbocycles. The van der Waals surface area contributed by atoms with Gasteiger partial charge in [-0.25, -0.2) is 18.4 Å². The van der Waals surface area contributed by atoms with Crippen LogP contribution in [-0.4, -0.2) is 31.2 Å². The van der Waals surface area contributed by atoms with E-state index in [1.807, 2.05) is 0 Å². The monoisotopic (exact) mass is 367 g/mol. The zero-order valence-electron chi connectivity index (χ0n) is 14.9. The summed E-state index contributed by atoms with van der Waals surface area (Å²) in [6.45, 7) is 2.92. The van der Waals surface area contributed by atoms with Gasteiger partial charge in [0.25, 0.3) is 0 Å². The van der Waals surface area contributed by atoms with Crippen molar-refractivity contribution < 1.29 is 8.42 Å². The highest BCUT2D eigenvalue weighted by molar-refractivity contribution is 7.90. The molecule has 134 valence electrons. The lowest BCUT2D eigenvalue weighted by Crippen LogP contribution is -2.21. The molecule has 1 fully saturated rings. The van der Waals surface area contributed by atoms with Gasteiger partial charge in [0.05, 0.1) is 10.4 Å². The highest BCUT2D eigenvalue weighted by atomic mass is 32.2. The zero-order chi connectivity index (χ0) is 18.4. The number of nitrogens with one attached hydrogen (secondary N) is 1. The van der Waals surface area contributed by atoms with Crippen molar-refractivity contribution in [1.29, 1.82) is 0 Å². The minimum absolute atomic E-state index is 0.136. The van der Waals surface area contributed by atoms with Crippen LogP contribution in [0.3, 0.4) is 0 Å². The van der Waals surface area contributed by atoms with Crippen LogP contribution in [0.25, 0.3) is 10.9 Å². The number of aromatic nitrogens is 2. The lowest BCUT2D eigenvalue weighted by molar-refractivity contribution is 0.602. The minimum Gasteiger partial charge on any atom is -0.369 e. The van der Waals surface area contributed by atoms with E-state index in [0.29, 0.717) is 5.82 Å². The lowest BCUT2D eigenvalue weighted by atomic mass is 9.92. The summed E-state index contributed by atoms with van der Waals surface area (Å²) in [6.07, 6.45) is 5.01. The Bertz CT molecular complexity index is 1090. The molecule has 0 atom stereocenters. The fraction of sp³-hybridized carbons (Fsp3) is 0.300. The fourth-order valence-corrected chi connectivity index (χ4v) is 4.17. The summed E-state index contributed by atoms with van der Waals surface area (Å²) in [7, 11) is -3.27. The first-order valence-electron chi connectivity index (χ1n) is 8.64. The second-order valence-electron chi connectivity index (χ2n) is 7.12. The Morgan fingerprint density at radius 3 is 2.58 bits per heavy atom. The molecule has 5 nitrogen and oxygen atoms in total. The molecule has 0 unspecified atom stereocenters. The zero-order valence-corrected chi connectivity index (χ0v) is 15.7. The molecule has 6 heteroatoms. The quantitative estimate of drug-likeness (QED) is 0.747. The SMILES string of the molecule is Cc1ccccc1C1(CNc2ncnc3ccc(S(C)(=O)=O)cc23)CC1. The summed E-state index contributed by atoms with van der Waals surface area (Å²) in [5.74, 6) is 0.681. The summed E-state index contributed by atoms with van der Waals surface area (Å²) in [5, 5.41) is 4.18. The minimum atomic E-state index is -3.27. The van der Waals surface area contributed by atoms with Crippen LogP contribution >= 0.6 is 0 Å². The number of nitrogens with zero attached hydrogens (tertiary/aromatic N) is 2. The average Bonchev–Trinajstić information content (AvgIpc) is 3.40. The van der Waals surface area contributed by atoms with Crippen LogP contribution in [0, 0.1) is 6.92 Å². The molecule has 0 aliphatic heterocycles. The third kappa shape index (κ3) is 3.05. The number of aryl methyl sites for hydroxylation is 1. The standard InChI is InChI=1S/C20H21N3O2S/c1-14-5-3-4-6-17(14)20(9-10-20)12-21-19-16-11-15(26(2,24)25)7-8-18(16)22-13-23-19/h3-8,11,13H,9-10,12H2,1-2H3,(H,21,22,23). The number of benzene rings is 2. The molecule has 1 N–H and O–H groups in total. The van der Waals surface area contributed by atoms with E-state index in [1.54, 1.807) is 18.2 Å². The second kappa shape index (κ2) is 6.06. The molecule has 4 rings (SSSR count). The van der Waals surface area contributed by atoms with Crippen molar-refractivity contribution >= 4 is 26.6 Å². The first-order chi connectivity index (χ1) is 12.4. The normalized spacial score (nSPS) is 15.8. The largest absolute Gasteiger partial charge is 0.369 e. The van der Waals surface area contributed by atoms with Crippen molar-refractivity contribution in [2.24, 2.45) is 0 Å². The van der Waals surface area contributed by atoms with Gasteiger partial charge in [-0.05, 0) is 49.1 Å². The maximum atomic E-state index is 11.9. The summed E-state index contributed by atoms with van der Waals surface area (Å²) < 4.78 is 23.8. The van der Waals surface area contributed by atoms with Crippen LogP contribution in [0.15, 0.2) is 53.7 Å². The van der Waals surface area contributed by atoms with Gasteiger partial charge in [0.1, 0.15) is 12.1 Å². The van der Waals surface area contributed by atoms with Crippen LogP contribution in [0.1, 0.15) is 24.0 Å². The van der Waals surface area contributed by atoms with E-state index < -0.39 is 9.84 Å². The molecular weight excluding hydrogens is 346 g/mol. The van der Waals surface area contributed by atoms with Crippen LogP contribution < -0.4 is 5.32 Å². The number of sulfone groups is 1. The van der Waals surface area contributed by atoms with E-state index >= 15 is 0 Å². The van der Waals surface area contributed by atoms with Gasteiger partial charge in [0.2, 0.25) is 0 Å². The Kier molecular flexibility index (Phi) is 3.95. The van der Waals surface area contributed by atoms with Gasteiger partial charge < -0.3 is 5.32 Å². The first kappa shape index (κ1) is 17.0. The van der Waals surface area contributed by atoms with Gasteiger partial charge in [-0.15, -0.1) is 0 Å².